The highest BCUT2D eigenvalue weighted by molar-refractivity contribution is 7.13. The van der Waals surface area contributed by atoms with Crippen LogP contribution in [0.3, 0.4) is 0 Å². The maximum Gasteiger partial charge on any atom is 0.340 e. The Morgan fingerprint density at radius 3 is 2.24 bits per heavy atom. The molecule has 2 saturated carbocycles. The third-order valence-electron chi connectivity index (χ3n) is 14.7. The Balaban J connectivity index is 0.759. The summed E-state index contributed by atoms with van der Waals surface area (Å²) in [5.41, 5.74) is 9.70. The topological polar surface area (TPSA) is 199 Å². The SMILES string of the molecule is Cc1ncsc1-c1ccc([C@H](C)NC(=O)[C@H]2C[C@@H](O)CN2C(=O)[C@@H](OC(=O)CO[C@H]2C[C@@H](N3CCN(c4ccc(C(=O)O[C@H]5C(C)(C)[C@H](Oc6ccc(N)c(Cl)c6)C5(C)C)cn4)CC3)C2)C(C)(C)C)cc1. The molecular formula is C53H68ClN7O9S. The van der Waals surface area contributed by atoms with Crippen LogP contribution >= 0.6 is 22.9 Å². The highest BCUT2D eigenvalue weighted by Gasteiger charge is 2.66. The molecular weight excluding hydrogens is 946 g/mol. The Kier molecular flexibility index (Phi) is 15.1. The molecule has 382 valence electrons. The smallest absolute Gasteiger partial charge is 0.340 e. The fourth-order valence-electron chi connectivity index (χ4n) is 10.9. The minimum absolute atomic E-state index is 0.0496. The fourth-order valence-corrected chi connectivity index (χ4v) is 11.9. The van der Waals surface area contributed by atoms with E-state index in [0.717, 1.165) is 66.5 Å². The molecule has 4 aliphatic rings. The van der Waals surface area contributed by atoms with Gasteiger partial charge in [0.2, 0.25) is 5.91 Å². The second-order valence-corrected chi connectivity index (χ2v) is 23.1. The van der Waals surface area contributed by atoms with Gasteiger partial charge in [0.05, 0.1) is 50.6 Å². The molecule has 16 nitrogen and oxygen atoms in total. The fraction of sp³-hybridized carbons (Fsp3) is 0.547. The maximum atomic E-state index is 14.1. The van der Waals surface area contributed by atoms with Crippen LogP contribution in [-0.2, 0) is 28.6 Å². The summed E-state index contributed by atoms with van der Waals surface area (Å²) in [7, 11) is 0. The summed E-state index contributed by atoms with van der Waals surface area (Å²) < 4.78 is 24.3. The molecule has 4 fully saturated rings. The molecule has 2 amide bonds. The van der Waals surface area contributed by atoms with Crippen LogP contribution in [0.25, 0.3) is 10.4 Å². The number of halogens is 1. The molecule has 2 aliphatic heterocycles. The molecule has 4 aromatic rings. The van der Waals surface area contributed by atoms with E-state index in [9.17, 15) is 24.3 Å². The molecule has 4 heterocycles. The van der Waals surface area contributed by atoms with E-state index >= 15 is 0 Å². The molecule has 0 unspecified atom stereocenters. The van der Waals surface area contributed by atoms with E-state index in [0.29, 0.717) is 28.1 Å². The van der Waals surface area contributed by atoms with Crippen molar-refractivity contribution in [3.05, 3.63) is 88.1 Å². The quantitative estimate of drug-likeness (QED) is 0.0795. The maximum absolute atomic E-state index is 14.1. The highest BCUT2D eigenvalue weighted by atomic mass is 35.5. The van der Waals surface area contributed by atoms with Crippen molar-refractivity contribution >= 4 is 58.2 Å². The number of nitrogens with zero attached hydrogens (tertiary/aromatic N) is 5. The average Bonchev–Trinajstić information content (AvgIpc) is 3.94. The van der Waals surface area contributed by atoms with E-state index in [1.54, 1.807) is 62.6 Å². The van der Waals surface area contributed by atoms with Gasteiger partial charge < -0.3 is 44.9 Å². The summed E-state index contributed by atoms with van der Waals surface area (Å²) in [5.74, 6) is -0.621. The first-order valence-corrected chi connectivity index (χ1v) is 25.7. The summed E-state index contributed by atoms with van der Waals surface area (Å²) in [6.45, 7) is 20.2. The number of thiazole rings is 1. The number of nitrogens with two attached hydrogens (primary N) is 1. The number of β-amino-alcohol motifs (C(OH)–C–C–N with tert-alkyl or cyclic N) is 1. The number of amides is 2. The molecule has 0 spiro atoms. The van der Waals surface area contributed by atoms with Gasteiger partial charge in [0.1, 0.15) is 36.4 Å². The Morgan fingerprint density at radius 1 is 0.944 bits per heavy atom. The van der Waals surface area contributed by atoms with Gasteiger partial charge in [-0.25, -0.2) is 19.6 Å². The summed E-state index contributed by atoms with van der Waals surface area (Å²) >= 11 is 7.80. The molecule has 8 rings (SSSR count). The van der Waals surface area contributed by atoms with Gasteiger partial charge in [-0.15, -0.1) is 11.3 Å². The van der Waals surface area contributed by atoms with Crippen LogP contribution in [-0.4, -0.2) is 131 Å². The van der Waals surface area contributed by atoms with Crippen LogP contribution in [0.2, 0.25) is 5.02 Å². The minimum Gasteiger partial charge on any atom is -0.489 e. The van der Waals surface area contributed by atoms with Crippen molar-refractivity contribution < 1.29 is 43.2 Å². The van der Waals surface area contributed by atoms with E-state index < -0.39 is 58.4 Å². The number of likely N-dealkylation sites (tertiary alicyclic amines) is 1. The lowest BCUT2D eigenvalue weighted by molar-refractivity contribution is -0.236. The number of hydrogen-bond donors (Lipinski definition) is 3. The largest absolute Gasteiger partial charge is 0.489 e. The van der Waals surface area contributed by atoms with Gasteiger partial charge in [0.15, 0.2) is 6.10 Å². The molecule has 4 atom stereocenters. The highest BCUT2D eigenvalue weighted by Crippen LogP contribution is 2.57. The molecule has 2 aromatic heterocycles. The first-order chi connectivity index (χ1) is 33.5. The number of rotatable bonds is 15. The lowest BCUT2D eigenvalue weighted by Crippen LogP contribution is -2.70. The van der Waals surface area contributed by atoms with Crippen molar-refractivity contribution in [3.63, 3.8) is 0 Å². The predicted molar refractivity (Wildman–Crippen MR) is 272 cm³/mol. The number of aliphatic hydroxyl groups is 1. The molecule has 2 aromatic carbocycles. The van der Waals surface area contributed by atoms with Crippen LogP contribution in [0.4, 0.5) is 11.5 Å². The van der Waals surface area contributed by atoms with Gasteiger partial charge in [-0.05, 0) is 62.1 Å². The number of esters is 2. The summed E-state index contributed by atoms with van der Waals surface area (Å²) in [4.78, 5) is 70.5. The zero-order valence-electron chi connectivity index (χ0n) is 42.1. The number of aryl methyl sites for hydroxylation is 1. The van der Waals surface area contributed by atoms with Gasteiger partial charge in [0.25, 0.3) is 5.91 Å². The number of piperazine rings is 1. The van der Waals surface area contributed by atoms with Crippen LogP contribution in [0, 0.1) is 23.2 Å². The van der Waals surface area contributed by atoms with Crippen LogP contribution in [0.15, 0.2) is 66.3 Å². The number of carbonyl (C=O) groups is 4. The molecule has 2 aliphatic carbocycles. The first-order valence-electron chi connectivity index (χ1n) is 24.5. The van der Waals surface area contributed by atoms with Crippen LogP contribution < -0.4 is 20.7 Å². The predicted octanol–water partition coefficient (Wildman–Crippen LogP) is 7.25. The van der Waals surface area contributed by atoms with Gasteiger partial charge in [0, 0.05) is 73.7 Å². The lowest BCUT2D eigenvalue weighted by Gasteiger charge is -2.61. The first kappa shape index (κ1) is 52.0. The zero-order valence-corrected chi connectivity index (χ0v) is 43.7. The minimum atomic E-state index is -1.20. The van der Waals surface area contributed by atoms with Gasteiger partial charge in [-0.1, -0.05) is 84.3 Å². The molecule has 71 heavy (non-hydrogen) atoms. The van der Waals surface area contributed by atoms with E-state index in [1.807, 2.05) is 77.4 Å². The van der Waals surface area contributed by atoms with E-state index in [1.165, 1.54) is 4.90 Å². The standard InChI is InChI=1S/C53H68ClN7O9S/c1-30(32-10-12-33(13-11-32)44-31(2)57-29-71-44)58-46(64)41-24-36(62)27-61(41)47(65)45(51(3,4)5)69-43(63)28-67-38-22-35(23-38)59-18-20-60(21-19-59)42-17-14-34(26-56-42)48(66)70-50-52(6,7)49(53(50,8)9)68-37-15-16-40(55)39(54)25-37/h10-17,25-26,29-30,35-36,38,41,45,49-50,62H,18-24,27-28,55H2,1-9H3,(H,58,64)/t30-,35-,36+,38+,41+,45+,49-,50-/m0/s1. The van der Waals surface area contributed by atoms with Crippen molar-refractivity contribution in [1.82, 2.24) is 25.1 Å². The number of anilines is 2. The van der Waals surface area contributed by atoms with E-state index in [-0.39, 0.29) is 43.7 Å². The van der Waals surface area contributed by atoms with Crippen LogP contribution in [0.1, 0.15) is 102 Å². The molecule has 18 heteroatoms. The lowest BCUT2D eigenvalue weighted by atomic mass is 9.51. The number of hydrogen-bond acceptors (Lipinski definition) is 15. The number of benzene rings is 2. The number of nitrogens with one attached hydrogen (secondary N) is 1. The van der Waals surface area contributed by atoms with Gasteiger partial charge in [-0.3, -0.25) is 14.5 Å². The molecule has 2 saturated heterocycles. The molecule has 0 radical (unpaired) electrons. The van der Waals surface area contributed by atoms with E-state index in [4.69, 9.17) is 36.3 Å². The normalized spacial score (nSPS) is 24.8. The second-order valence-electron chi connectivity index (χ2n) is 21.8. The number of nitrogen functional groups attached to an aromatic ring is 1. The molecule has 4 N–H and O–H groups in total. The third-order valence-corrected chi connectivity index (χ3v) is 16.0. The van der Waals surface area contributed by atoms with E-state index in [2.05, 4.69) is 25.1 Å². The second kappa shape index (κ2) is 20.7. The third kappa shape index (κ3) is 11.2. The zero-order chi connectivity index (χ0) is 51.2. The molecule has 0 bridgehead atoms. The number of aliphatic hydroxyl groups excluding tert-OH is 1. The van der Waals surface area contributed by atoms with Crippen molar-refractivity contribution in [2.24, 2.45) is 16.2 Å². The number of ether oxygens (including phenoxy) is 4. The number of aromatic nitrogens is 2. The number of carbonyl (C=O) groups excluding carboxylic acids is 4. The Morgan fingerprint density at radius 2 is 1.63 bits per heavy atom. The Labute approximate surface area is 425 Å². The number of pyridine rings is 1. The summed E-state index contributed by atoms with van der Waals surface area (Å²) in [6, 6.07) is 15.8. The van der Waals surface area contributed by atoms with Crippen molar-refractivity contribution in [1.29, 1.82) is 0 Å². The van der Waals surface area contributed by atoms with Crippen molar-refractivity contribution in [2.45, 2.75) is 130 Å². The summed E-state index contributed by atoms with van der Waals surface area (Å²) in [6.07, 6.45) is 0.307. The Hall–Kier alpha value is -5.33. The van der Waals surface area contributed by atoms with Gasteiger partial charge >= 0.3 is 11.9 Å². The van der Waals surface area contributed by atoms with Crippen molar-refractivity contribution in [3.8, 4) is 16.2 Å². The monoisotopic (exact) mass is 1010 g/mol. The van der Waals surface area contributed by atoms with Crippen LogP contribution in [0.5, 0.6) is 5.75 Å². The summed E-state index contributed by atoms with van der Waals surface area (Å²) in [5, 5.41) is 14.1. The van der Waals surface area contributed by atoms with Gasteiger partial charge in [-0.2, -0.15) is 0 Å². The van der Waals surface area contributed by atoms with Crippen molar-refractivity contribution in [2.75, 3.05) is 50.0 Å². The average molecular weight is 1010 g/mol. The Bertz CT molecular complexity index is 2560.